The van der Waals surface area contributed by atoms with Gasteiger partial charge < -0.3 is 10.1 Å². The third-order valence-corrected chi connectivity index (χ3v) is 7.39. The van der Waals surface area contributed by atoms with Gasteiger partial charge in [-0.3, -0.25) is 9.59 Å². The lowest BCUT2D eigenvalue weighted by Gasteiger charge is -2.17. The highest BCUT2D eigenvalue weighted by molar-refractivity contribution is 9.09. The molecule has 0 saturated carbocycles. The zero-order valence-electron chi connectivity index (χ0n) is 23.4. The van der Waals surface area contributed by atoms with Gasteiger partial charge in [0.05, 0.1) is 6.61 Å². The summed E-state index contributed by atoms with van der Waals surface area (Å²) in [5, 5.41) is 4.09. The summed E-state index contributed by atoms with van der Waals surface area (Å²) in [4.78, 5) is 24.1. The Bertz CT molecular complexity index is 473. The molecular formula is C30H58BrNO3. The van der Waals surface area contributed by atoms with Crippen LogP contribution in [-0.4, -0.2) is 30.4 Å². The first-order valence-electron chi connectivity index (χ1n) is 15.1. The predicted molar refractivity (Wildman–Crippen MR) is 154 cm³/mol. The Kier molecular flexibility index (Phi) is 27.5. The van der Waals surface area contributed by atoms with E-state index in [1.165, 1.54) is 96.3 Å². The summed E-state index contributed by atoms with van der Waals surface area (Å²) in [6.45, 7) is 5.83. The average molecular weight is 561 g/mol. The first kappa shape index (κ1) is 34.4. The highest BCUT2D eigenvalue weighted by Gasteiger charge is 2.12. The minimum absolute atomic E-state index is 0.0459. The van der Waals surface area contributed by atoms with Crippen molar-refractivity contribution in [3.05, 3.63) is 0 Å². The smallest absolute Gasteiger partial charge is 0.305 e. The van der Waals surface area contributed by atoms with Crippen molar-refractivity contribution in [2.24, 2.45) is 5.92 Å². The van der Waals surface area contributed by atoms with E-state index in [1.54, 1.807) is 0 Å². The third-order valence-electron chi connectivity index (χ3n) is 6.83. The highest BCUT2D eigenvalue weighted by atomic mass is 79.9. The molecule has 0 aliphatic heterocycles. The first-order chi connectivity index (χ1) is 17.1. The van der Waals surface area contributed by atoms with Crippen molar-refractivity contribution >= 4 is 27.8 Å². The molecule has 0 radical (unpaired) electrons. The minimum atomic E-state index is -0.0459. The normalized spacial score (nSPS) is 12.0. The van der Waals surface area contributed by atoms with Crippen LogP contribution in [0.25, 0.3) is 0 Å². The van der Waals surface area contributed by atoms with Gasteiger partial charge in [0, 0.05) is 24.7 Å². The van der Waals surface area contributed by atoms with Crippen molar-refractivity contribution in [1.29, 1.82) is 0 Å². The van der Waals surface area contributed by atoms with Crippen LogP contribution in [0.2, 0.25) is 0 Å². The summed E-state index contributed by atoms with van der Waals surface area (Å²) in [5.41, 5.74) is 0. The van der Waals surface area contributed by atoms with E-state index < -0.39 is 0 Å². The van der Waals surface area contributed by atoms with Crippen LogP contribution in [-0.2, 0) is 14.3 Å². The number of halogens is 1. The lowest BCUT2D eigenvalue weighted by molar-refractivity contribution is -0.145. The van der Waals surface area contributed by atoms with Crippen molar-refractivity contribution < 1.29 is 14.3 Å². The van der Waals surface area contributed by atoms with E-state index in [9.17, 15) is 9.59 Å². The largest absolute Gasteiger partial charge is 0.465 e. The van der Waals surface area contributed by atoms with Crippen LogP contribution in [0, 0.1) is 5.92 Å². The van der Waals surface area contributed by atoms with Crippen LogP contribution in [0.1, 0.15) is 155 Å². The molecule has 1 amide bonds. The maximum absolute atomic E-state index is 12.2. The summed E-state index contributed by atoms with van der Waals surface area (Å²) < 4.78 is 5.67. The molecule has 0 aromatic heterocycles. The maximum Gasteiger partial charge on any atom is 0.305 e. The van der Waals surface area contributed by atoms with Crippen LogP contribution < -0.4 is 5.32 Å². The van der Waals surface area contributed by atoms with Gasteiger partial charge in [0.1, 0.15) is 0 Å². The van der Waals surface area contributed by atoms with Gasteiger partial charge in [-0.15, -0.1) is 0 Å². The SMILES string of the molecule is CCCCCCCCC(CCCCCC)COC(=O)CCCCCNC(=O)CCCCCCCBr. The molecule has 1 atom stereocenters. The number of rotatable bonds is 27. The fraction of sp³-hybridized carbons (Fsp3) is 0.933. The number of unbranched alkanes of at least 4 members (excludes halogenated alkanes) is 14. The molecule has 0 rings (SSSR count). The van der Waals surface area contributed by atoms with E-state index in [1.807, 2.05) is 0 Å². The van der Waals surface area contributed by atoms with Crippen LogP contribution >= 0.6 is 15.9 Å². The Morgan fingerprint density at radius 1 is 0.657 bits per heavy atom. The van der Waals surface area contributed by atoms with Crippen molar-refractivity contribution in [2.75, 3.05) is 18.5 Å². The van der Waals surface area contributed by atoms with Gasteiger partial charge in [0.2, 0.25) is 5.91 Å². The van der Waals surface area contributed by atoms with Gasteiger partial charge in [-0.05, 0) is 44.4 Å². The fourth-order valence-corrected chi connectivity index (χ4v) is 4.86. The Morgan fingerprint density at radius 2 is 1.17 bits per heavy atom. The summed E-state index contributed by atoms with van der Waals surface area (Å²) in [7, 11) is 0. The zero-order chi connectivity index (χ0) is 25.8. The van der Waals surface area contributed by atoms with E-state index in [-0.39, 0.29) is 11.9 Å². The van der Waals surface area contributed by atoms with E-state index in [0.29, 0.717) is 25.4 Å². The Morgan fingerprint density at radius 3 is 1.83 bits per heavy atom. The van der Waals surface area contributed by atoms with E-state index >= 15 is 0 Å². The Balaban J connectivity index is 3.82. The standard InChI is InChI=1S/C30H58BrNO3/c1-3-5-7-9-11-16-22-28(21-15-8-6-4-2)27-35-30(34)24-18-14-20-26-32-29(33)23-17-12-10-13-19-25-31/h28H,3-27H2,1-2H3,(H,32,33). The van der Waals surface area contributed by atoms with Gasteiger partial charge in [-0.1, -0.05) is 120 Å². The number of ether oxygens (including phenoxy) is 1. The summed E-state index contributed by atoms with van der Waals surface area (Å²) in [6.07, 6.45) is 25.1. The number of carbonyl (C=O) groups is 2. The van der Waals surface area contributed by atoms with Crippen LogP contribution in [0.5, 0.6) is 0 Å². The molecule has 4 nitrogen and oxygen atoms in total. The lowest BCUT2D eigenvalue weighted by Crippen LogP contribution is -2.24. The summed E-state index contributed by atoms with van der Waals surface area (Å²) in [5.74, 6) is 0.650. The van der Waals surface area contributed by atoms with Crippen LogP contribution in [0.15, 0.2) is 0 Å². The van der Waals surface area contributed by atoms with Gasteiger partial charge in [-0.25, -0.2) is 0 Å². The summed E-state index contributed by atoms with van der Waals surface area (Å²) >= 11 is 3.45. The molecule has 0 fully saturated rings. The first-order valence-corrected chi connectivity index (χ1v) is 16.2. The van der Waals surface area contributed by atoms with Crippen LogP contribution in [0.4, 0.5) is 0 Å². The number of alkyl halides is 1. The molecule has 1 unspecified atom stereocenters. The van der Waals surface area contributed by atoms with E-state index in [4.69, 9.17) is 4.74 Å². The second-order valence-corrected chi connectivity index (χ2v) is 11.1. The summed E-state index contributed by atoms with van der Waals surface area (Å²) in [6, 6.07) is 0. The van der Waals surface area contributed by atoms with Gasteiger partial charge >= 0.3 is 5.97 Å². The fourth-order valence-electron chi connectivity index (χ4n) is 4.46. The average Bonchev–Trinajstić information content (AvgIpc) is 2.86. The molecule has 0 aliphatic rings. The molecule has 0 saturated heterocycles. The highest BCUT2D eigenvalue weighted by Crippen LogP contribution is 2.20. The molecule has 35 heavy (non-hydrogen) atoms. The lowest BCUT2D eigenvalue weighted by atomic mass is 9.95. The topological polar surface area (TPSA) is 55.4 Å². The number of esters is 1. The molecule has 0 aliphatic carbocycles. The number of hydrogen-bond acceptors (Lipinski definition) is 3. The monoisotopic (exact) mass is 559 g/mol. The molecule has 1 N–H and O–H groups in total. The zero-order valence-corrected chi connectivity index (χ0v) is 24.9. The number of carbonyl (C=O) groups excluding carboxylic acids is 2. The van der Waals surface area contributed by atoms with Gasteiger partial charge in [0.25, 0.3) is 0 Å². The quantitative estimate of drug-likeness (QED) is 0.0619. The Hall–Kier alpha value is -0.580. The van der Waals surface area contributed by atoms with Gasteiger partial charge in [0.15, 0.2) is 0 Å². The van der Waals surface area contributed by atoms with Crippen molar-refractivity contribution in [3.63, 3.8) is 0 Å². The third kappa shape index (κ3) is 26.3. The van der Waals surface area contributed by atoms with E-state index in [0.717, 1.165) is 44.0 Å². The van der Waals surface area contributed by atoms with Crippen molar-refractivity contribution in [3.8, 4) is 0 Å². The van der Waals surface area contributed by atoms with Crippen molar-refractivity contribution in [1.82, 2.24) is 5.32 Å². The molecular weight excluding hydrogens is 502 g/mol. The molecule has 5 heteroatoms. The molecule has 208 valence electrons. The number of amides is 1. The Labute approximate surface area is 226 Å². The second kappa shape index (κ2) is 28.0. The molecule has 0 bridgehead atoms. The van der Waals surface area contributed by atoms with Gasteiger partial charge in [-0.2, -0.15) is 0 Å². The maximum atomic E-state index is 12.2. The molecule has 0 spiro atoms. The second-order valence-electron chi connectivity index (χ2n) is 10.3. The predicted octanol–water partition coefficient (Wildman–Crippen LogP) is 9.28. The van der Waals surface area contributed by atoms with Crippen molar-refractivity contribution in [2.45, 2.75) is 155 Å². The molecule has 0 aromatic rings. The number of hydrogen-bond donors (Lipinski definition) is 1. The van der Waals surface area contributed by atoms with E-state index in [2.05, 4.69) is 35.1 Å². The van der Waals surface area contributed by atoms with Crippen LogP contribution in [0.3, 0.4) is 0 Å². The minimum Gasteiger partial charge on any atom is -0.465 e. The number of nitrogens with one attached hydrogen (secondary N) is 1. The molecule has 0 heterocycles. The molecule has 0 aromatic carbocycles.